The monoisotopic (exact) mass is 206 g/mol. The van der Waals surface area contributed by atoms with Crippen molar-refractivity contribution in [3.05, 3.63) is 17.5 Å². The van der Waals surface area contributed by atoms with E-state index in [9.17, 15) is 0 Å². The quantitative estimate of drug-likeness (QED) is 0.810. The normalized spacial score (nSPS) is 12.8. The van der Waals surface area contributed by atoms with Crippen molar-refractivity contribution < 1.29 is 0 Å². The van der Waals surface area contributed by atoms with Crippen LogP contribution in [0.2, 0.25) is 0 Å². The Balaban J connectivity index is 2.67. The maximum atomic E-state index is 8.98. The van der Waals surface area contributed by atoms with E-state index in [-0.39, 0.29) is 6.04 Å². The summed E-state index contributed by atoms with van der Waals surface area (Å²) in [7, 11) is 0. The highest BCUT2D eigenvalue weighted by molar-refractivity contribution is 5.07. The molecule has 1 unspecified atom stereocenters. The van der Waals surface area contributed by atoms with Crippen LogP contribution in [0.1, 0.15) is 25.2 Å². The van der Waals surface area contributed by atoms with E-state index in [1.54, 1.807) is 0 Å². The smallest absolute Gasteiger partial charge is 0.115 e. The average Bonchev–Trinajstić information content (AvgIpc) is 2.43. The molecule has 1 aromatic rings. The first-order valence-corrected chi connectivity index (χ1v) is 5.19. The third-order valence-corrected chi connectivity index (χ3v) is 2.15. The fourth-order valence-corrected chi connectivity index (χ4v) is 1.57. The Bertz CT molecular complexity index is 359. The summed E-state index contributed by atoms with van der Waals surface area (Å²) in [6.07, 6.45) is 0. The molecule has 0 aromatic carbocycles. The zero-order valence-electron chi connectivity index (χ0n) is 9.78. The van der Waals surface area contributed by atoms with Gasteiger partial charge in [-0.2, -0.15) is 10.4 Å². The molecule has 0 aliphatic heterocycles. The molecule has 1 atom stereocenters. The zero-order valence-corrected chi connectivity index (χ0v) is 9.78. The average molecular weight is 206 g/mol. The van der Waals surface area contributed by atoms with E-state index in [1.807, 2.05) is 38.4 Å². The fourth-order valence-electron chi connectivity index (χ4n) is 1.57. The minimum Gasteiger partial charge on any atom is -0.298 e. The molecule has 1 N–H and O–H groups in total. The number of nitriles is 1. The number of nitrogens with zero attached hydrogens (tertiary/aromatic N) is 3. The van der Waals surface area contributed by atoms with Gasteiger partial charge in [-0.3, -0.25) is 10.00 Å². The lowest BCUT2D eigenvalue weighted by Gasteiger charge is -2.15. The molecule has 0 saturated heterocycles. The van der Waals surface area contributed by atoms with Crippen molar-refractivity contribution in [3.8, 4) is 6.07 Å². The molecule has 1 aromatic heterocycles. The molecule has 15 heavy (non-hydrogen) atoms. The Morgan fingerprint density at radius 3 is 2.60 bits per heavy atom. The van der Waals surface area contributed by atoms with Crippen molar-refractivity contribution >= 4 is 0 Å². The molecule has 4 nitrogen and oxygen atoms in total. The van der Waals surface area contributed by atoms with Gasteiger partial charge in [0.05, 0.1) is 18.3 Å². The van der Waals surface area contributed by atoms with E-state index in [0.717, 1.165) is 11.4 Å². The lowest BCUT2D eigenvalue weighted by Crippen LogP contribution is -2.37. The van der Waals surface area contributed by atoms with Crippen LogP contribution in [0.15, 0.2) is 6.07 Å². The first-order valence-electron chi connectivity index (χ1n) is 5.19. The van der Waals surface area contributed by atoms with E-state index in [1.165, 1.54) is 0 Å². The highest BCUT2D eigenvalue weighted by Crippen LogP contribution is 2.03. The summed E-state index contributed by atoms with van der Waals surface area (Å²) in [5, 5.41) is 16.5. The summed E-state index contributed by atoms with van der Waals surface area (Å²) in [5.74, 6) is 0. The predicted octanol–water partition coefficient (Wildman–Crippen LogP) is 1.39. The molecule has 0 aliphatic rings. The van der Waals surface area contributed by atoms with Gasteiger partial charge >= 0.3 is 0 Å². The van der Waals surface area contributed by atoms with E-state index >= 15 is 0 Å². The molecule has 0 amide bonds. The number of hydrogen-bond donors (Lipinski definition) is 1. The third-order valence-electron chi connectivity index (χ3n) is 2.15. The van der Waals surface area contributed by atoms with Crippen LogP contribution in [0.5, 0.6) is 0 Å². The summed E-state index contributed by atoms with van der Waals surface area (Å²) >= 11 is 0. The topological polar surface area (TPSA) is 53.6 Å². The minimum atomic E-state index is -0.178. The molecule has 0 radical (unpaired) electrons. The molecule has 0 saturated carbocycles. The summed E-state index contributed by atoms with van der Waals surface area (Å²) in [5.41, 5.74) is 2.09. The van der Waals surface area contributed by atoms with Crippen molar-refractivity contribution in [2.45, 2.75) is 46.3 Å². The molecular formula is C11H18N4. The minimum absolute atomic E-state index is 0.178. The van der Waals surface area contributed by atoms with Gasteiger partial charge < -0.3 is 0 Å². The number of rotatable bonds is 4. The van der Waals surface area contributed by atoms with Crippen LogP contribution in [-0.2, 0) is 6.54 Å². The van der Waals surface area contributed by atoms with Crippen LogP contribution in [-0.4, -0.2) is 21.9 Å². The van der Waals surface area contributed by atoms with E-state index in [2.05, 4.69) is 16.5 Å². The number of hydrogen-bond acceptors (Lipinski definition) is 3. The molecule has 0 bridgehead atoms. The molecule has 82 valence electrons. The second-order valence-electron chi connectivity index (χ2n) is 4.11. The van der Waals surface area contributed by atoms with Crippen molar-refractivity contribution in [2.24, 2.45) is 0 Å². The van der Waals surface area contributed by atoms with Crippen LogP contribution in [0, 0.1) is 25.2 Å². The summed E-state index contributed by atoms with van der Waals surface area (Å²) in [4.78, 5) is 0. The lowest BCUT2D eigenvalue weighted by atomic mass is 10.2. The Hall–Kier alpha value is -1.34. The molecule has 4 heteroatoms. The number of nitrogens with one attached hydrogen (secondary N) is 1. The Kier molecular flexibility index (Phi) is 3.87. The summed E-state index contributed by atoms with van der Waals surface area (Å²) in [6, 6.07) is 4.40. The molecule has 0 spiro atoms. The number of aromatic nitrogens is 2. The van der Waals surface area contributed by atoms with Gasteiger partial charge in [0.15, 0.2) is 0 Å². The highest BCUT2D eigenvalue weighted by atomic mass is 15.3. The molecule has 1 heterocycles. The molecular weight excluding hydrogens is 188 g/mol. The largest absolute Gasteiger partial charge is 0.298 e. The standard InChI is InChI=1S/C11H18N4/c1-8(2)13-11(6-12)7-15-10(4)5-9(3)14-15/h5,8,11,13H,7H2,1-4H3. The van der Waals surface area contributed by atoms with Gasteiger partial charge in [-0.15, -0.1) is 0 Å². The first-order chi connectivity index (χ1) is 7.02. The van der Waals surface area contributed by atoms with Gasteiger partial charge in [0, 0.05) is 11.7 Å². The second kappa shape index (κ2) is 4.94. The van der Waals surface area contributed by atoms with Crippen LogP contribution < -0.4 is 5.32 Å². The van der Waals surface area contributed by atoms with Gasteiger partial charge in [-0.1, -0.05) is 0 Å². The maximum absolute atomic E-state index is 8.98. The number of aryl methyl sites for hydroxylation is 2. The first kappa shape index (κ1) is 11.7. The van der Waals surface area contributed by atoms with Crippen molar-refractivity contribution in [2.75, 3.05) is 0 Å². The van der Waals surface area contributed by atoms with Crippen molar-refractivity contribution in [1.82, 2.24) is 15.1 Å². The van der Waals surface area contributed by atoms with Gasteiger partial charge in [0.25, 0.3) is 0 Å². The van der Waals surface area contributed by atoms with Crippen molar-refractivity contribution in [1.29, 1.82) is 5.26 Å². The molecule has 1 rings (SSSR count). The van der Waals surface area contributed by atoms with E-state index in [0.29, 0.717) is 12.6 Å². The zero-order chi connectivity index (χ0) is 11.4. The Morgan fingerprint density at radius 1 is 1.53 bits per heavy atom. The van der Waals surface area contributed by atoms with E-state index in [4.69, 9.17) is 5.26 Å². The summed E-state index contributed by atoms with van der Waals surface area (Å²) in [6.45, 7) is 8.63. The highest BCUT2D eigenvalue weighted by Gasteiger charge is 2.11. The van der Waals surface area contributed by atoms with Gasteiger partial charge in [-0.05, 0) is 33.8 Å². The molecule has 0 aliphatic carbocycles. The second-order valence-corrected chi connectivity index (χ2v) is 4.11. The van der Waals surface area contributed by atoms with Crippen LogP contribution in [0.4, 0.5) is 0 Å². The van der Waals surface area contributed by atoms with Crippen LogP contribution >= 0.6 is 0 Å². The SMILES string of the molecule is Cc1cc(C)n(CC(C#N)NC(C)C)n1. The van der Waals surface area contributed by atoms with Gasteiger partial charge in [0.2, 0.25) is 0 Å². The lowest BCUT2D eigenvalue weighted by molar-refractivity contribution is 0.450. The van der Waals surface area contributed by atoms with E-state index < -0.39 is 0 Å². The van der Waals surface area contributed by atoms with Crippen LogP contribution in [0.3, 0.4) is 0 Å². The molecule has 0 fully saturated rings. The van der Waals surface area contributed by atoms with Crippen molar-refractivity contribution in [3.63, 3.8) is 0 Å². The van der Waals surface area contributed by atoms with Gasteiger partial charge in [-0.25, -0.2) is 0 Å². The maximum Gasteiger partial charge on any atom is 0.115 e. The van der Waals surface area contributed by atoms with Gasteiger partial charge in [0.1, 0.15) is 6.04 Å². The fraction of sp³-hybridized carbons (Fsp3) is 0.636. The third kappa shape index (κ3) is 3.37. The Morgan fingerprint density at radius 2 is 2.20 bits per heavy atom. The predicted molar refractivity (Wildman–Crippen MR) is 59.4 cm³/mol. The summed E-state index contributed by atoms with van der Waals surface area (Å²) < 4.78 is 1.87. The van der Waals surface area contributed by atoms with Crippen LogP contribution in [0.25, 0.3) is 0 Å². The Labute approximate surface area is 90.9 Å².